The van der Waals surface area contributed by atoms with Crippen LogP contribution in [0.3, 0.4) is 0 Å². The Bertz CT molecular complexity index is 331. The van der Waals surface area contributed by atoms with Crippen molar-refractivity contribution in [3.63, 3.8) is 0 Å². The van der Waals surface area contributed by atoms with Gasteiger partial charge >= 0.3 is 0 Å². The molecule has 0 atom stereocenters. The van der Waals surface area contributed by atoms with Crippen molar-refractivity contribution in [2.24, 2.45) is 5.92 Å². The first-order valence-corrected chi connectivity index (χ1v) is 5.64. The third kappa shape index (κ3) is 2.54. The zero-order valence-corrected chi connectivity index (χ0v) is 9.65. The minimum atomic E-state index is 0.108. The molecule has 0 saturated carbocycles. The monoisotopic (exact) mass is 212 g/mol. The number of thiazole rings is 1. The molecule has 0 spiro atoms. The minimum Gasteiger partial charge on any atom is -0.389 e. The van der Waals surface area contributed by atoms with Crippen LogP contribution in [0.1, 0.15) is 42.7 Å². The number of nitrogens with zero attached hydrogens (tertiary/aromatic N) is 1. The lowest BCUT2D eigenvalue weighted by molar-refractivity contribution is 0.0967. The summed E-state index contributed by atoms with van der Waals surface area (Å²) in [6, 6.07) is 0. The van der Waals surface area contributed by atoms with E-state index in [1.54, 1.807) is 0 Å². The molecule has 0 saturated heterocycles. The first-order valence-electron chi connectivity index (χ1n) is 4.83. The molecule has 0 aliphatic rings. The number of aromatic nitrogens is 1. The number of hydrogen-bond donors (Lipinski definition) is 1. The van der Waals surface area contributed by atoms with E-state index in [1.165, 1.54) is 11.3 Å². The zero-order valence-electron chi connectivity index (χ0n) is 8.83. The summed E-state index contributed by atoms with van der Waals surface area (Å²) in [5.74, 6) is 0.481. The van der Waals surface area contributed by atoms with Gasteiger partial charge in [0.1, 0.15) is 5.00 Å². The van der Waals surface area contributed by atoms with E-state index in [4.69, 9.17) is 5.73 Å². The van der Waals surface area contributed by atoms with Crippen LogP contribution in [-0.4, -0.2) is 10.8 Å². The van der Waals surface area contributed by atoms with E-state index in [-0.39, 0.29) is 5.78 Å². The van der Waals surface area contributed by atoms with Crippen molar-refractivity contribution in [2.75, 3.05) is 5.73 Å². The van der Waals surface area contributed by atoms with Gasteiger partial charge in [-0.25, -0.2) is 4.98 Å². The van der Waals surface area contributed by atoms with Crippen LogP contribution in [0.5, 0.6) is 0 Å². The Balaban J connectivity index is 2.80. The molecule has 1 rings (SSSR count). The standard InChI is InChI=1S/C10H16N2OS/c1-4-7-9(11)14-10(12-7)8(13)5-6(2)3/h6H,4-5,11H2,1-3H3. The van der Waals surface area contributed by atoms with Crippen molar-refractivity contribution in [2.45, 2.75) is 33.6 Å². The van der Waals surface area contributed by atoms with Crippen LogP contribution in [0, 0.1) is 5.92 Å². The van der Waals surface area contributed by atoms with Gasteiger partial charge in [0.05, 0.1) is 5.69 Å². The summed E-state index contributed by atoms with van der Waals surface area (Å²) in [6.07, 6.45) is 1.34. The van der Waals surface area contributed by atoms with E-state index in [0.717, 1.165) is 12.1 Å². The highest BCUT2D eigenvalue weighted by Gasteiger charge is 2.14. The minimum absolute atomic E-state index is 0.108. The number of nitrogen functional groups attached to an aromatic ring is 1. The van der Waals surface area contributed by atoms with Gasteiger partial charge < -0.3 is 5.73 Å². The molecule has 0 amide bonds. The third-order valence-electron chi connectivity index (χ3n) is 1.89. The molecular formula is C10H16N2OS. The lowest BCUT2D eigenvalue weighted by atomic mass is 10.1. The second-order valence-corrected chi connectivity index (χ2v) is 4.74. The van der Waals surface area contributed by atoms with E-state index in [2.05, 4.69) is 4.98 Å². The second kappa shape index (κ2) is 4.55. The van der Waals surface area contributed by atoms with Crippen LogP contribution >= 0.6 is 11.3 Å². The van der Waals surface area contributed by atoms with E-state index >= 15 is 0 Å². The Morgan fingerprint density at radius 3 is 2.64 bits per heavy atom. The number of nitrogens with two attached hydrogens (primary N) is 1. The van der Waals surface area contributed by atoms with Gasteiger partial charge in [-0.15, -0.1) is 0 Å². The zero-order chi connectivity index (χ0) is 10.7. The Hall–Kier alpha value is -0.900. The fourth-order valence-electron chi connectivity index (χ4n) is 1.19. The Labute approximate surface area is 88.3 Å². The highest BCUT2D eigenvalue weighted by atomic mass is 32.1. The lowest BCUT2D eigenvalue weighted by Gasteiger charge is -1.99. The van der Waals surface area contributed by atoms with Gasteiger partial charge in [-0.05, 0) is 12.3 Å². The van der Waals surface area contributed by atoms with Gasteiger partial charge in [0.15, 0.2) is 10.8 Å². The Kier molecular flexibility index (Phi) is 3.63. The summed E-state index contributed by atoms with van der Waals surface area (Å²) in [5.41, 5.74) is 6.57. The van der Waals surface area contributed by atoms with E-state index in [0.29, 0.717) is 22.3 Å². The van der Waals surface area contributed by atoms with Gasteiger partial charge in [0.25, 0.3) is 0 Å². The molecule has 0 aliphatic carbocycles. The molecule has 0 aromatic carbocycles. The highest BCUT2D eigenvalue weighted by molar-refractivity contribution is 7.17. The van der Waals surface area contributed by atoms with Crippen molar-refractivity contribution >= 4 is 22.1 Å². The van der Waals surface area contributed by atoms with Crippen LogP contribution in [0.15, 0.2) is 0 Å². The Morgan fingerprint density at radius 2 is 2.21 bits per heavy atom. The molecule has 0 fully saturated rings. The van der Waals surface area contributed by atoms with Crippen LogP contribution in [-0.2, 0) is 6.42 Å². The maximum atomic E-state index is 11.6. The van der Waals surface area contributed by atoms with Gasteiger partial charge in [0, 0.05) is 6.42 Å². The topological polar surface area (TPSA) is 56.0 Å². The van der Waals surface area contributed by atoms with E-state index < -0.39 is 0 Å². The van der Waals surface area contributed by atoms with Crippen molar-refractivity contribution < 1.29 is 4.79 Å². The van der Waals surface area contributed by atoms with E-state index in [1.807, 2.05) is 20.8 Å². The molecule has 1 aromatic rings. The first-order chi connectivity index (χ1) is 6.54. The smallest absolute Gasteiger partial charge is 0.191 e. The molecule has 0 aliphatic heterocycles. The molecule has 14 heavy (non-hydrogen) atoms. The van der Waals surface area contributed by atoms with Crippen LogP contribution in [0.2, 0.25) is 0 Å². The summed E-state index contributed by atoms with van der Waals surface area (Å²) in [6.45, 7) is 6.04. The maximum Gasteiger partial charge on any atom is 0.191 e. The average molecular weight is 212 g/mol. The number of carbonyl (C=O) groups excluding carboxylic acids is 1. The van der Waals surface area contributed by atoms with Crippen molar-refractivity contribution in [1.82, 2.24) is 4.98 Å². The van der Waals surface area contributed by atoms with Crippen molar-refractivity contribution in [3.8, 4) is 0 Å². The average Bonchev–Trinajstić information content (AvgIpc) is 2.45. The van der Waals surface area contributed by atoms with Gasteiger partial charge in [-0.1, -0.05) is 32.1 Å². The predicted molar refractivity (Wildman–Crippen MR) is 59.7 cm³/mol. The normalized spacial score (nSPS) is 10.9. The molecular weight excluding hydrogens is 196 g/mol. The lowest BCUT2D eigenvalue weighted by Crippen LogP contribution is -2.03. The molecule has 4 heteroatoms. The Morgan fingerprint density at radius 1 is 1.57 bits per heavy atom. The molecule has 0 unspecified atom stereocenters. The molecule has 1 aromatic heterocycles. The quantitative estimate of drug-likeness (QED) is 0.780. The number of rotatable bonds is 4. The number of anilines is 1. The number of carbonyl (C=O) groups is 1. The SMILES string of the molecule is CCc1nc(C(=O)CC(C)C)sc1N. The number of hydrogen-bond acceptors (Lipinski definition) is 4. The fourth-order valence-corrected chi connectivity index (χ4v) is 2.06. The largest absolute Gasteiger partial charge is 0.389 e. The molecule has 0 radical (unpaired) electrons. The summed E-state index contributed by atoms with van der Waals surface area (Å²) in [5, 5.41) is 1.24. The van der Waals surface area contributed by atoms with Gasteiger partial charge in [-0.2, -0.15) is 0 Å². The predicted octanol–water partition coefficient (Wildman–Crippen LogP) is 2.52. The fraction of sp³-hybridized carbons (Fsp3) is 0.600. The van der Waals surface area contributed by atoms with E-state index in [9.17, 15) is 4.79 Å². The van der Waals surface area contributed by atoms with Gasteiger partial charge in [0.2, 0.25) is 0 Å². The number of ketones is 1. The molecule has 3 nitrogen and oxygen atoms in total. The number of Topliss-reactive ketones (excluding diaryl/α,β-unsaturated/α-hetero) is 1. The molecule has 78 valence electrons. The summed E-state index contributed by atoms with van der Waals surface area (Å²) in [7, 11) is 0. The van der Waals surface area contributed by atoms with Crippen LogP contribution in [0.25, 0.3) is 0 Å². The number of aryl methyl sites for hydroxylation is 1. The van der Waals surface area contributed by atoms with Crippen molar-refractivity contribution in [3.05, 3.63) is 10.7 Å². The molecule has 2 N–H and O–H groups in total. The van der Waals surface area contributed by atoms with Crippen molar-refractivity contribution in [1.29, 1.82) is 0 Å². The second-order valence-electron chi connectivity index (χ2n) is 3.70. The van der Waals surface area contributed by atoms with Crippen LogP contribution < -0.4 is 5.73 Å². The summed E-state index contributed by atoms with van der Waals surface area (Å²) < 4.78 is 0. The summed E-state index contributed by atoms with van der Waals surface area (Å²) in [4.78, 5) is 15.9. The van der Waals surface area contributed by atoms with Crippen LogP contribution in [0.4, 0.5) is 5.00 Å². The third-order valence-corrected chi connectivity index (χ3v) is 2.86. The first kappa shape index (κ1) is 11.2. The highest BCUT2D eigenvalue weighted by Crippen LogP contribution is 2.23. The van der Waals surface area contributed by atoms with Gasteiger partial charge in [-0.3, -0.25) is 4.79 Å². The maximum absolute atomic E-state index is 11.6. The molecule has 1 heterocycles. The summed E-state index contributed by atoms with van der Waals surface area (Å²) >= 11 is 1.31. The molecule has 0 bridgehead atoms.